The van der Waals surface area contributed by atoms with Crippen LogP contribution in [-0.2, 0) is 9.59 Å². The standard InChI is InChI=1S/C16H11ClN2O2/c17-12-6-4-5-11(9-12)14-10-15(20)19(16(14)21)18-13-7-2-1-3-8-13/h1-10,18H. The van der Waals surface area contributed by atoms with E-state index >= 15 is 0 Å². The van der Waals surface area contributed by atoms with Gasteiger partial charge in [-0.2, -0.15) is 5.01 Å². The molecule has 104 valence electrons. The number of anilines is 1. The summed E-state index contributed by atoms with van der Waals surface area (Å²) >= 11 is 5.92. The van der Waals surface area contributed by atoms with E-state index in [1.807, 2.05) is 18.2 Å². The van der Waals surface area contributed by atoms with Gasteiger partial charge in [0.15, 0.2) is 0 Å². The molecule has 2 aromatic rings. The smallest absolute Gasteiger partial charge is 0.280 e. The van der Waals surface area contributed by atoms with Crippen molar-refractivity contribution in [3.8, 4) is 0 Å². The van der Waals surface area contributed by atoms with E-state index in [1.165, 1.54) is 6.08 Å². The van der Waals surface area contributed by atoms with Crippen LogP contribution in [0, 0.1) is 0 Å². The van der Waals surface area contributed by atoms with Crippen molar-refractivity contribution in [2.75, 3.05) is 5.43 Å². The summed E-state index contributed by atoms with van der Waals surface area (Å²) in [6.45, 7) is 0. The summed E-state index contributed by atoms with van der Waals surface area (Å²) in [4.78, 5) is 24.4. The van der Waals surface area contributed by atoms with Crippen LogP contribution in [0.5, 0.6) is 0 Å². The molecule has 0 aromatic heterocycles. The van der Waals surface area contributed by atoms with Crippen LogP contribution in [0.1, 0.15) is 5.56 Å². The minimum Gasteiger partial charge on any atom is -0.288 e. The zero-order valence-corrected chi connectivity index (χ0v) is 11.7. The third kappa shape index (κ3) is 2.66. The molecular weight excluding hydrogens is 288 g/mol. The predicted molar refractivity (Wildman–Crippen MR) is 81.3 cm³/mol. The Labute approximate surface area is 126 Å². The molecule has 2 aromatic carbocycles. The molecule has 0 radical (unpaired) electrons. The first-order valence-electron chi connectivity index (χ1n) is 6.33. The lowest BCUT2D eigenvalue weighted by atomic mass is 10.1. The SMILES string of the molecule is O=C1C=C(c2cccc(Cl)c2)C(=O)N1Nc1ccccc1. The monoisotopic (exact) mass is 298 g/mol. The van der Waals surface area contributed by atoms with Crippen molar-refractivity contribution in [1.82, 2.24) is 5.01 Å². The van der Waals surface area contributed by atoms with Crippen LogP contribution >= 0.6 is 11.6 Å². The summed E-state index contributed by atoms with van der Waals surface area (Å²) < 4.78 is 0. The average Bonchev–Trinajstić information content (AvgIpc) is 2.76. The number of halogens is 1. The molecule has 0 atom stereocenters. The largest absolute Gasteiger partial charge is 0.288 e. The normalized spacial score (nSPS) is 14.3. The summed E-state index contributed by atoms with van der Waals surface area (Å²) in [6, 6.07) is 15.9. The van der Waals surface area contributed by atoms with Gasteiger partial charge in [0.2, 0.25) is 0 Å². The van der Waals surface area contributed by atoms with Crippen LogP contribution in [0.4, 0.5) is 5.69 Å². The molecule has 3 rings (SSSR count). The van der Waals surface area contributed by atoms with Gasteiger partial charge >= 0.3 is 0 Å². The Balaban J connectivity index is 1.86. The summed E-state index contributed by atoms with van der Waals surface area (Å²) in [7, 11) is 0. The number of rotatable bonds is 3. The average molecular weight is 299 g/mol. The fraction of sp³-hybridized carbons (Fsp3) is 0. The lowest BCUT2D eigenvalue weighted by Crippen LogP contribution is -2.36. The van der Waals surface area contributed by atoms with E-state index in [1.54, 1.807) is 36.4 Å². The van der Waals surface area contributed by atoms with Crippen molar-refractivity contribution in [3.05, 3.63) is 71.3 Å². The highest BCUT2D eigenvalue weighted by Crippen LogP contribution is 2.25. The van der Waals surface area contributed by atoms with Gasteiger partial charge < -0.3 is 0 Å². The molecule has 0 saturated heterocycles. The van der Waals surface area contributed by atoms with Gasteiger partial charge in [0.1, 0.15) is 0 Å². The Morgan fingerprint density at radius 3 is 2.43 bits per heavy atom. The number of hydrogen-bond acceptors (Lipinski definition) is 3. The highest BCUT2D eigenvalue weighted by molar-refractivity contribution is 6.35. The van der Waals surface area contributed by atoms with Crippen molar-refractivity contribution >= 4 is 34.7 Å². The maximum atomic E-state index is 12.4. The van der Waals surface area contributed by atoms with E-state index in [4.69, 9.17) is 11.6 Å². The van der Waals surface area contributed by atoms with E-state index in [-0.39, 0.29) is 0 Å². The Kier molecular flexibility index (Phi) is 3.46. The first-order chi connectivity index (χ1) is 10.1. The van der Waals surface area contributed by atoms with E-state index in [0.29, 0.717) is 21.8 Å². The molecule has 1 aliphatic heterocycles. The van der Waals surface area contributed by atoms with Gasteiger partial charge in [-0.3, -0.25) is 15.0 Å². The van der Waals surface area contributed by atoms with E-state index in [9.17, 15) is 9.59 Å². The lowest BCUT2D eigenvalue weighted by molar-refractivity contribution is -0.134. The molecule has 1 N–H and O–H groups in total. The fourth-order valence-corrected chi connectivity index (χ4v) is 2.27. The number of hydrazine groups is 1. The van der Waals surface area contributed by atoms with Crippen molar-refractivity contribution in [2.24, 2.45) is 0 Å². The first kappa shape index (κ1) is 13.4. The summed E-state index contributed by atoms with van der Waals surface area (Å²) in [5.74, 6) is -0.801. The van der Waals surface area contributed by atoms with Crippen LogP contribution < -0.4 is 5.43 Å². The fourth-order valence-electron chi connectivity index (χ4n) is 2.08. The Hall–Kier alpha value is -2.59. The molecule has 2 amide bonds. The van der Waals surface area contributed by atoms with Gasteiger partial charge in [-0.05, 0) is 29.8 Å². The Morgan fingerprint density at radius 2 is 1.71 bits per heavy atom. The van der Waals surface area contributed by atoms with Crippen molar-refractivity contribution in [2.45, 2.75) is 0 Å². The summed E-state index contributed by atoms with van der Waals surface area (Å²) in [5.41, 5.74) is 4.42. The number of carbonyl (C=O) groups is 2. The molecule has 0 aliphatic carbocycles. The van der Waals surface area contributed by atoms with Gasteiger partial charge in [0.25, 0.3) is 11.8 Å². The van der Waals surface area contributed by atoms with Gasteiger partial charge in [0, 0.05) is 11.1 Å². The van der Waals surface area contributed by atoms with Crippen LogP contribution in [0.3, 0.4) is 0 Å². The molecule has 4 nitrogen and oxygen atoms in total. The molecule has 21 heavy (non-hydrogen) atoms. The highest BCUT2D eigenvalue weighted by atomic mass is 35.5. The van der Waals surface area contributed by atoms with Crippen LogP contribution in [0.15, 0.2) is 60.7 Å². The van der Waals surface area contributed by atoms with E-state index in [0.717, 1.165) is 5.01 Å². The molecule has 0 unspecified atom stereocenters. The van der Waals surface area contributed by atoms with Gasteiger partial charge in [-0.1, -0.05) is 41.9 Å². The highest BCUT2D eigenvalue weighted by Gasteiger charge is 2.32. The number of carbonyl (C=O) groups excluding carboxylic acids is 2. The predicted octanol–water partition coefficient (Wildman–Crippen LogP) is 3.12. The van der Waals surface area contributed by atoms with Gasteiger partial charge in [-0.25, -0.2) is 0 Å². The molecule has 1 heterocycles. The molecule has 0 saturated carbocycles. The minimum atomic E-state index is -0.404. The molecule has 0 spiro atoms. The van der Waals surface area contributed by atoms with Crippen LogP contribution in [0.2, 0.25) is 5.02 Å². The van der Waals surface area contributed by atoms with E-state index < -0.39 is 11.8 Å². The van der Waals surface area contributed by atoms with Crippen LogP contribution in [-0.4, -0.2) is 16.8 Å². The zero-order chi connectivity index (χ0) is 14.8. The number of imide groups is 1. The maximum Gasteiger partial charge on any atom is 0.280 e. The Bertz CT molecular complexity index is 741. The zero-order valence-electron chi connectivity index (χ0n) is 10.9. The number of amides is 2. The first-order valence-corrected chi connectivity index (χ1v) is 6.71. The third-order valence-electron chi connectivity index (χ3n) is 3.07. The molecule has 0 bridgehead atoms. The van der Waals surface area contributed by atoms with Crippen molar-refractivity contribution in [1.29, 1.82) is 0 Å². The Morgan fingerprint density at radius 1 is 0.952 bits per heavy atom. The van der Waals surface area contributed by atoms with Gasteiger partial charge in [-0.15, -0.1) is 0 Å². The second kappa shape index (κ2) is 5.42. The maximum absolute atomic E-state index is 12.4. The summed E-state index contributed by atoms with van der Waals surface area (Å²) in [5, 5.41) is 1.51. The topological polar surface area (TPSA) is 49.4 Å². The summed E-state index contributed by atoms with van der Waals surface area (Å²) in [6.07, 6.45) is 1.31. The van der Waals surface area contributed by atoms with E-state index in [2.05, 4.69) is 5.43 Å². The van der Waals surface area contributed by atoms with Crippen molar-refractivity contribution < 1.29 is 9.59 Å². The number of benzene rings is 2. The van der Waals surface area contributed by atoms with Crippen LogP contribution in [0.25, 0.3) is 5.57 Å². The molecule has 1 aliphatic rings. The second-order valence-corrected chi connectivity index (χ2v) is 4.96. The molecule has 5 heteroatoms. The van der Waals surface area contributed by atoms with Gasteiger partial charge in [0.05, 0.1) is 11.3 Å². The number of nitrogens with one attached hydrogen (secondary N) is 1. The minimum absolute atomic E-state index is 0.325. The number of hydrogen-bond donors (Lipinski definition) is 1. The van der Waals surface area contributed by atoms with Crippen molar-refractivity contribution in [3.63, 3.8) is 0 Å². The number of para-hydroxylation sites is 1. The third-order valence-corrected chi connectivity index (χ3v) is 3.31. The molecular formula is C16H11ClN2O2. The number of nitrogens with zero attached hydrogens (tertiary/aromatic N) is 1. The quantitative estimate of drug-likeness (QED) is 0.886. The molecule has 0 fully saturated rings. The second-order valence-electron chi connectivity index (χ2n) is 4.52. The lowest BCUT2D eigenvalue weighted by Gasteiger charge is -2.17.